The molecule has 2 amide bonds. The zero-order valence-electron chi connectivity index (χ0n) is 15.4. The van der Waals surface area contributed by atoms with E-state index in [1.54, 1.807) is 12.4 Å². The molecule has 140 valence electrons. The van der Waals surface area contributed by atoms with Gasteiger partial charge in [-0.15, -0.1) is 0 Å². The molecular formula is C22H25N3O2. The molecule has 1 aliphatic heterocycles. The molecule has 1 unspecified atom stereocenters. The highest BCUT2D eigenvalue weighted by Crippen LogP contribution is 2.32. The fraction of sp³-hybridized carbons (Fsp3) is 0.409. The summed E-state index contributed by atoms with van der Waals surface area (Å²) in [5, 5.41) is 3.23. The Kier molecular flexibility index (Phi) is 5.19. The summed E-state index contributed by atoms with van der Waals surface area (Å²) in [6, 6.07) is 13.7. The average Bonchev–Trinajstić information content (AvgIpc) is 3.58. The van der Waals surface area contributed by atoms with Gasteiger partial charge in [-0.3, -0.25) is 14.6 Å². The van der Waals surface area contributed by atoms with Crippen molar-refractivity contribution in [3.8, 4) is 0 Å². The first-order valence-electron chi connectivity index (χ1n) is 9.76. The summed E-state index contributed by atoms with van der Waals surface area (Å²) in [6.07, 6.45) is 7.04. The van der Waals surface area contributed by atoms with Crippen LogP contribution in [0.3, 0.4) is 0 Å². The van der Waals surface area contributed by atoms with Gasteiger partial charge in [-0.1, -0.05) is 30.3 Å². The maximum Gasteiger partial charge on any atom is 0.225 e. The lowest BCUT2D eigenvalue weighted by Gasteiger charge is -2.32. The Morgan fingerprint density at radius 2 is 1.52 bits per heavy atom. The van der Waals surface area contributed by atoms with E-state index in [9.17, 15) is 9.59 Å². The van der Waals surface area contributed by atoms with E-state index in [4.69, 9.17) is 0 Å². The van der Waals surface area contributed by atoms with Crippen molar-refractivity contribution >= 4 is 11.8 Å². The van der Waals surface area contributed by atoms with Crippen molar-refractivity contribution in [1.82, 2.24) is 15.2 Å². The number of aromatic nitrogens is 1. The Hall–Kier alpha value is -2.69. The Morgan fingerprint density at radius 3 is 2.15 bits per heavy atom. The van der Waals surface area contributed by atoms with Crippen LogP contribution >= 0.6 is 0 Å². The lowest BCUT2D eigenvalue weighted by molar-refractivity contribution is -0.136. The maximum absolute atomic E-state index is 12.9. The van der Waals surface area contributed by atoms with Gasteiger partial charge >= 0.3 is 0 Å². The van der Waals surface area contributed by atoms with Gasteiger partial charge in [0, 0.05) is 37.3 Å². The number of rotatable bonds is 5. The molecule has 0 bridgehead atoms. The molecule has 5 nitrogen and oxygen atoms in total. The Balaban J connectivity index is 1.42. The van der Waals surface area contributed by atoms with Gasteiger partial charge < -0.3 is 10.2 Å². The number of nitrogens with one attached hydrogen (secondary N) is 1. The standard InChI is InChI=1S/C22H25N3O2/c26-21(18-10-14-25(15-11-18)22(27)19-6-7-19)24-20(16-4-2-1-3-5-16)17-8-12-23-13-9-17/h1-5,8-9,12-13,18-20H,6-7,10-11,14-15H2,(H,24,26). The lowest BCUT2D eigenvalue weighted by Crippen LogP contribution is -2.44. The van der Waals surface area contributed by atoms with Gasteiger partial charge in [0.2, 0.25) is 11.8 Å². The molecule has 1 aromatic heterocycles. The second kappa shape index (κ2) is 7.91. The van der Waals surface area contributed by atoms with Gasteiger partial charge in [-0.2, -0.15) is 0 Å². The summed E-state index contributed by atoms with van der Waals surface area (Å²) < 4.78 is 0. The van der Waals surface area contributed by atoms with Crippen LogP contribution in [0.25, 0.3) is 0 Å². The van der Waals surface area contributed by atoms with Crippen molar-refractivity contribution in [2.24, 2.45) is 11.8 Å². The van der Waals surface area contributed by atoms with Crippen molar-refractivity contribution < 1.29 is 9.59 Å². The van der Waals surface area contributed by atoms with Gasteiger partial charge in [-0.05, 0) is 48.9 Å². The number of carbonyl (C=O) groups excluding carboxylic acids is 2. The minimum atomic E-state index is -0.187. The normalized spacial score (nSPS) is 18.7. The molecule has 0 radical (unpaired) electrons. The Labute approximate surface area is 159 Å². The van der Waals surface area contributed by atoms with Crippen molar-refractivity contribution in [3.63, 3.8) is 0 Å². The van der Waals surface area contributed by atoms with Gasteiger partial charge in [0.05, 0.1) is 6.04 Å². The third-order valence-corrected chi connectivity index (χ3v) is 5.56. The quantitative estimate of drug-likeness (QED) is 0.888. The largest absolute Gasteiger partial charge is 0.345 e. The van der Waals surface area contributed by atoms with Crippen molar-refractivity contribution in [2.75, 3.05) is 13.1 Å². The first-order valence-corrected chi connectivity index (χ1v) is 9.76. The molecule has 2 aliphatic rings. The zero-order chi connectivity index (χ0) is 18.6. The van der Waals surface area contributed by atoms with Crippen LogP contribution < -0.4 is 5.32 Å². The van der Waals surface area contributed by atoms with E-state index in [2.05, 4.69) is 10.3 Å². The van der Waals surface area contributed by atoms with Crippen molar-refractivity contribution in [1.29, 1.82) is 0 Å². The molecule has 1 atom stereocenters. The molecule has 1 saturated heterocycles. The van der Waals surface area contributed by atoms with Crippen LogP contribution in [-0.4, -0.2) is 34.8 Å². The Bertz CT molecular complexity index is 742. The fourth-order valence-corrected chi connectivity index (χ4v) is 3.77. The lowest BCUT2D eigenvalue weighted by atomic mass is 9.93. The van der Waals surface area contributed by atoms with E-state index in [0.29, 0.717) is 13.1 Å². The third-order valence-electron chi connectivity index (χ3n) is 5.56. The zero-order valence-corrected chi connectivity index (χ0v) is 15.4. The molecule has 2 fully saturated rings. The van der Waals surface area contributed by atoms with E-state index < -0.39 is 0 Å². The monoisotopic (exact) mass is 363 g/mol. The first-order chi connectivity index (χ1) is 13.2. The number of piperidine rings is 1. The van der Waals surface area contributed by atoms with E-state index in [1.165, 1.54) is 0 Å². The molecule has 0 spiro atoms. The third kappa shape index (κ3) is 4.18. The van der Waals surface area contributed by atoms with Gasteiger partial charge in [0.15, 0.2) is 0 Å². The second-order valence-corrected chi connectivity index (χ2v) is 7.51. The van der Waals surface area contributed by atoms with Crippen LogP contribution in [-0.2, 0) is 9.59 Å². The minimum Gasteiger partial charge on any atom is -0.345 e. The highest BCUT2D eigenvalue weighted by atomic mass is 16.2. The molecular weight excluding hydrogens is 338 g/mol. The average molecular weight is 363 g/mol. The number of hydrogen-bond acceptors (Lipinski definition) is 3. The van der Waals surface area contributed by atoms with Crippen LogP contribution in [0.1, 0.15) is 42.9 Å². The SMILES string of the molecule is O=C(NC(c1ccccc1)c1ccncc1)C1CCN(C(=O)C2CC2)CC1. The topological polar surface area (TPSA) is 62.3 Å². The van der Waals surface area contributed by atoms with Crippen LogP contribution in [0.15, 0.2) is 54.9 Å². The molecule has 1 N–H and O–H groups in total. The number of likely N-dealkylation sites (tertiary alicyclic amines) is 1. The summed E-state index contributed by atoms with van der Waals surface area (Å²) >= 11 is 0. The van der Waals surface area contributed by atoms with Crippen molar-refractivity contribution in [2.45, 2.75) is 31.7 Å². The molecule has 2 aromatic rings. The number of benzene rings is 1. The molecule has 2 heterocycles. The summed E-state index contributed by atoms with van der Waals surface area (Å²) in [7, 11) is 0. The summed E-state index contributed by atoms with van der Waals surface area (Å²) in [4.78, 5) is 31.2. The maximum atomic E-state index is 12.9. The highest BCUT2D eigenvalue weighted by Gasteiger charge is 2.36. The van der Waals surface area contributed by atoms with E-state index >= 15 is 0 Å². The minimum absolute atomic E-state index is 0.0405. The number of amides is 2. The molecule has 1 saturated carbocycles. The number of pyridine rings is 1. The summed E-state index contributed by atoms with van der Waals surface area (Å²) in [6.45, 7) is 1.39. The van der Waals surface area contributed by atoms with E-state index in [-0.39, 0.29) is 29.7 Å². The predicted octanol–water partition coefficient (Wildman–Crippen LogP) is 2.94. The highest BCUT2D eigenvalue weighted by molar-refractivity contribution is 5.82. The molecule has 27 heavy (non-hydrogen) atoms. The predicted molar refractivity (Wildman–Crippen MR) is 103 cm³/mol. The molecule has 1 aliphatic carbocycles. The second-order valence-electron chi connectivity index (χ2n) is 7.51. The fourth-order valence-electron chi connectivity index (χ4n) is 3.77. The smallest absolute Gasteiger partial charge is 0.225 e. The summed E-state index contributed by atoms with van der Waals surface area (Å²) in [5.41, 5.74) is 2.07. The van der Waals surface area contributed by atoms with E-state index in [0.717, 1.165) is 36.8 Å². The van der Waals surface area contributed by atoms with Crippen LogP contribution in [0, 0.1) is 11.8 Å². The molecule has 1 aromatic carbocycles. The molecule has 4 rings (SSSR count). The summed E-state index contributed by atoms with van der Waals surface area (Å²) in [5.74, 6) is 0.567. The molecule has 5 heteroatoms. The van der Waals surface area contributed by atoms with Crippen LogP contribution in [0.4, 0.5) is 0 Å². The number of carbonyl (C=O) groups is 2. The van der Waals surface area contributed by atoms with Gasteiger partial charge in [0.1, 0.15) is 0 Å². The Morgan fingerprint density at radius 1 is 0.889 bits per heavy atom. The number of nitrogens with zero attached hydrogens (tertiary/aromatic N) is 2. The van der Waals surface area contributed by atoms with E-state index in [1.807, 2.05) is 47.4 Å². The van der Waals surface area contributed by atoms with Gasteiger partial charge in [0.25, 0.3) is 0 Å². The van der Waals surface area contributed by atoms with Gasteiger partial charge in [-0.25, -0.2) is 0 Å². The van der Waals surface area contributed by atoms with Crippen LogP contribution in [0.2, 0.25) is 0 Å². The van der Waals surface area contributed by atoms with Crippen LogP contribution in [0.5, 0.6) is 0 Å². The first kappa shape index (κ1) is 17.7. The number of hydrogen-bond donors (Lipinski definition) is 1. The van der Waals surface area contributed by atoms with Crippen molar-refractivity contribution in [3.05, 3.63) is 66.0 Å².